The quantitative estimate of drug-likeness (QED) is 0.852. The number of morpholine rings is 1. The number of hydrogen-bond donors (Lipinski definition) is 0. The van der Waals surface area contributed by atoms with E-state index in [4.69, 9.17) is 9.47 Å². The van der Waals surface area contributed by atoms with Crippen molar-refractivity contribution in [1.29, 1.82) is 0 Å². The summed E-state index contributed by atoms with van der Waals surface area (Å²) in [7, 11) is 0. The molecule has 1 heterocycles. The minimum atomic E-state index is -0.501. The van der Waals surface area contributed by atoms with Crippen molar-refractivity contribution in [2.45, 2.75) is 19.1 Å². The van der Waals surface area contributed by atoms with E-state index in [1.165, 1.54) is 0 Å². The van der Waals surface area contributed by atoms with E-state index in [1.807, 2.05) is 72.5 Å². The first-order valence-electron chi connectivity index (χ1n) is 7.78. The molecule has 1 amide bonds. The highest BCUT2D eigenvalue weighted by atomic mass is 16.5. The van der Waals surface area contributed by atoms with Gasteiger partial charge in [0.05, 0.1) is 6.54 Å². The second-order valence-corrected chi connectivity index (χ2v) is 6.08. The predicted octanol–water partition coefficient (Wildman–Crippen LogP) is 2.88. The zero-order valence-corrected chi connectivity index (χ0v) is 13.3. The van der Waals surface area contributed by atoms with Gasteiger partial charge in [-0.05, 0) is 24.6 Å². The molecule has 0 aromatic heterocycles. The largest absolute Gasteiger partial charge is 0.491 e. The molecule has 1 unspecified atom stereocenters. The third kappa shape index (κ3) is 4.11. The van der Waals surface area contributed by atoms with E-state index in [2.05, 4.69) is 0 Å². The minimum absolute atomic E-state index is 0.0195. The second-order valence-electron chi connectivity index (χ2n) is 6.08. The van der Waals surface area contributed by atoms with Gasteiger partial charge in [-0.25, -0.2) is 0 Å². The van der Waals surface area contributed by atoms with Crippen LogP contribution in [0.5, 0.6) is 5.75 Å². The van der Waals surface area contributed by atoms with Crippen molar-refractivity contribution in [1.82, 2.24) is 4.90 Å². The number of rotatable bonds is 5. The summed E-state index contributed by atoms with van der Waals surface area (Å²) in [5.41, 5.74) is 0.618. The van der Waals surface area contributed by atoms with Crippen LogP contribution in [0.2, 0.25) is 0 Å². The third-order valence-corrected chi connectivity index (χ3v) is 3.93. The number of ether oxygens (including phenoxy) is 2. The third-order valence-electron chi connectivity index (χ3n) is 3.93. The van der Waals surface area contributed by atoms with Gasteiger partial charge < -0.3 is 14.4 Å². The molecule has 0 aliphatic carbocycles. The standard InChI is InChI=1S/C19H21NO3/c1-19(15-22-17-10-6-3-7-11-17)14-20(18(21)13-23-19)12-16-8-4-2-5-9-16/h2-11H,12-15H2,1H3. The lowest BCUT2D eigenvalue weighted by molar-refractivity contribution is -0.166. The van der Waals surface area contributed by atoms with Gasteiger partial charge in [0.1, 0.15) is 24.6 Å². The fraction of sp³-hybridized carbons (Fsp3) is 0.316. The van der Waals surface area contributed by atoms with Crippen LogP contribution in [0.1, 0.15) is 12.5 Å². The molecule has 0 radical (unpaired) electrons. The summed E-state index contributed by atoms with van der Waals surface area (Å²) in [5, 5.41) is 0. The lowest BCUT2D eigenvalue weighted by Gasteiger charge is -2.39. The first-order valence-corrected chi connectivity index (χ1v) is 7.78. The van der Waals surface area contributed by atoms with E-state index in [9.17, 15) is 4.79 Å². The zero-order valence-electron chi connectivity index (χ0n) is 13.3. The Kier molecular flexibility index (Phi) is 4.63. The highest BCUT2D eigenvalue weighted by Crippen LogP contribution is 2.22. The zero-order chi connectivity index (χ0) is 16.1. The van der Waals surface area contributed by atoms with Crippen LogP contribution in [0.25, 0.3) is 0 Å². The maximum absolute atomic E-state index is 12.1. The fourth-order valence-electron chi connectivity index (χ4n) is 2.65. The summed E-state index contributed by atoms with van der Waals surface area (Å²) in [6.45, 7) is 3.62. The Bertz CT molecular complexity index is 644. The Balaban J connectivity index is 1.63. The van der Waals surface area contributed by atoms with Crippen molar-refractivity contribution in [3.05, 3.63) is 66.2 Å². The first kappa shape index (κ1) is 15.6. The molecule has 1 aliphatic heterocycles. The fourth-order valence-corrected chi connectivity index (χ4v) is 2.65. The van der Waals surface area contributed by atoms with Crippen molar-refractivity contribution in [2.75, 3.05) is 19.8 Å². The maximum atomic E-state index is 12.1. The van der Waals surface area contributed by atoms with Gasteiger partial charge in [-0.1, -0.05) is 48.5 Å². The molecule has 2 aromatic carbocycles. The van der Waals surface area contributed by atoms with Crippen LogP contribution >= 0.6 is 0 Å². The van der Waals surface area contributed by atoms with Gasteiger partial charge in [0.25, 0.3) is 0 Å². The van der Waals surface area contributed by atoms with Crippen LogP contribution in [0.15, 0.2) is 60.7 Å². The topological polar surface area (TPSA) is 38.8 Å². The van der Waals surface area contributed by atoms with E-state index in [1.54, 1.807) is 0 Å². The molecule has 1 saturated heterocycles. The normalized spacial score (nSPS) is 21.3. The number of benzene rings is 2. The second kappa shape index (κ2) is 6.84. The Hall–Kier alpha value is -2.33. The summed E-state index contributed by atoms with van der Waals surface area (Å²) < 4.78 is 11.6. The van der Waals surface area contributed by atoms with Gasteiger partial charge in [0.15, 0.2) is 0 Å². The highest BCUT2D eigenvalue weighted by molar-refractivity contribution is 5.78. The van der Waals surface area contributed by atoms with E-state index in [0.717, 1.165) is 11.3 Å². The molecular formula is C19H21NO3. The van der Waals surface area contributed by atoms with Gasteiger partial charge in [0.2, 0.25) is 5.91 Å². The molecule has 1 aliphatic rings. The summed E-state index contributed by atoms with van der Waals surface area (Å²) in [6.07, 6.45) is 0. The van der Waals surface area contributed by atoms with Crippen molar-refractivity contribution in [2.24, 2.45) is 0 Å². The highest BCUT2D eigenvalue weighted by Gasteiger charge is 2.36. The Morgan fingerprint density at radius 3 is 2.43 bits per heavy atom. The molecular weight excluding hydrogens is 290 g/mol. The minimum Gasteiger partial charge on any atom is -0.491 e. The number of amides is 1. The van der Waals surface area contributed by atoms with Gasteiger partial charge >= 0.3 is 0 Å². The maximum Gasteiger partial charge on any atom is 0.249 e. The van der Waals surface area contributed by atoms with Crippen LogP contribution in [-0.2, 0) is 16.1 Å². The monoisotopic (exact) mass is 311 g/mol. The smallest absolute Gasteiger partial charge is 0.249 e. The van der Waals surface area contributed by atoms with Crippen LogP contribution < -0.4 is 4.74 Å². The molecule has 1 atom stereocenters. The first-order chi connectivity index (χ1) is 11.1. The molecule has 0 saturated carbocycles. The average Bonchev–Trinajstić information content (AvgIpc) is 2.59. The van der Waals surface area contributed by atoms with E-state index in [-0.39, 0.29) is 12.5 Å². The van der Waals surface area contributed by atoms with Gasteiger partial charge in [0, 0.05) is 6.54 Å². The van der Waals surface area contributed by atoms with Crippen LogP contribution in [0.3, 0.4) is 0 Å². The Labute approximate surface area is 136 Å². The van der Waals surface area contributed by atoms with Gasteiger partial charge in [-0.15, -0.1) is 0 Å². The molecule has 0 spiro atoms. The van der Waals surface area contributed by atoms with Crippen molar-refractivity contribution < 1.29 is 14.3 Å². The predicted molar refractivity (Wildman–Crippen MR) is 88.2 cm³/mol. The number of nitrogens with zero attached hydrogens (tertiary/aromatic N) is 1. The van der Waals surface area contributed by atoms with E-state index in [0.29, 0.717) is 19.7 Å². The molecule has 23 heavy (non-hydrogen) atoms. The summed E-state index contributed by atoms with van der Waals surface area (Å²) in [5.74, 6) is 0.829. The molecule has 2 aromatic rings. The molecule has 120 valence electrons. The van der Waals surface area contributed by atoms with Crippen LogP contribution in [0, 0.1) is 0 Å². The van der Waals surface area contributed by atoms with Crippen LogP contribution in [0.4, 0.5) is 0 Å². The van der Waals surface area contributed by atoms with Crippen molar-refractivity contribution >= 4 is 5.91 Å². The lowest BCUT2D eigenvalue weighted by Crippen LogP contribution is -2.55. The Morgan fingerprint density at radius 1 is 1.09 bits per heavy atom. The summed E-state index contributed by atoms with van der Waals surface area (Å²) in [4.78, 5) is 14.0. The average molecular weight is 311 g/mol. The number of carbonyl (C=O) groups excluding carboxylic acids is 1. The molecule has 3 rings (SSSR count). The number of para-hydroxylation sites is 1. The number of hydrogen-bond acceptors (Lipinski definition) is 3. The molecule has 0 bridgehead atoms. The molecule has 4 nitrogen and oxygen atoms in total. The summed E-state index contributed by atoms with van der Waals surface area (Å²) in [6, 6.07) is 19.7. The van der Waals surface area contributed by atoms with Crippen molar-refractivity contribution in [3.63, 3.8) is 0 Å². The SMILES string of the molecule is CC1(COc2ccccc2)CN(Cc2ccccc2)C(=O)CO1. The molecule has 4 heteroatoms. The Morgan fingerprint density at radius 2 is 1.74 bits per heavy atom. The lowest BCUT2D eigenvalue weighted by atomic mass is 10.0. The summed E-state index contributed by atoms with van der Waals surface area (Å²) >= 11 is 0. The van der Waals surface area contributed by atoms with E-state index < -0.39 is 5.60 Å². The van der Waals surface area contributed by atoms with Gasteiger partial charge in [-0.3, -0.25) is 4.79 Å². The van der Waals surface area contributed by atoms with E-state index >= 15 is 0 Å². The molecule has 1 fully saturated rings. The van der Waals surface area contributed by atoms with Gasteiger partial charge in [-0.2, -0.15) is 0 Å². The van der Waals surface area contributed by atoms with Crippen molar-refractivity contribution in [3.8, 4) is 5.75 Å². The number of carbonyl (C=O) groups is 1. The molecule has 0 N–H and O–H groups in total. The van der Waals surface area contributed by atoms with Crippen LogP contribution in [-0.4, -0.2) is 36.2 Å².